The van der Waals surface area contributed by atoms with Crippen LogP contribution in [-0.4, -0.2) is 16.5 Å². The molecule has 1 aromatic rings. The van der Waals surface area contributed by atoms with Gasteiger partial charge in [0.05, 0.1) is 0 Å². The maximum Gasteiger partial charge on any atom is 0.171 e. The van der Waals surface area contributed by atoms with E-state index in [1.54, 1.807) is 12.4 Å². The molecular formula is C10H16ClN3. The normalized spacial score (nSPS) is 10.6. The average Bonchev–Trinajstić information content (AvgIpc) is 2.22. The summed E-state index contributed by atoms with van der Waals surface area (Å²) >= 11 is 5.86. The number of aromatic nitrogens is 2. The molecule has 0 aromatic carbocycles. The predicted octanol–water partition coefficient (Wildman–Crippen LogP) is 2.98. The maximum atomic E-state index is 5.86. The number of nitrogens with zero attached hydrogens (tertiary/aromatic N) is 2. The van der Waals surface area contributed by atoms with Crippen molar-refractivity contribution in [2.24, 2.45) is 5.92 Å². The third-order valence-corrected chi connectivity index (χ3v) is 2.64. The summed E-state index contributed by atoms with van der Waals surface area (Å²) in [5.41, 5.74) is 0. The molecule has 0 atom stereocenters. The molecule has 0 radical (unpaired) electrons. The largest absolute Gasteiger partial charge is 0.367 e. The lowest BCUT2D eigenvalue weighted by molar-refractivity contribution is 0.518. The van der Waals surface area contributed by atoms with E-state index in [-0.39, 0.29) is 0 Å². The van der Waals surface area contributed by atoms with Gasteiger partial charge in [-0.25, -0.2) is 9.97 Å². The van der Waals surface area contributed by atoms with Crippen LogP contribution in [0.1, 0.15) is 26.7 Å². The van der Waals surface area contributed by atoms with E-state index in [1.807, 2.05) is 0 Å². The molecule has 78 valence electrons. The molecular weight excluding hydrogens is 198 g/mol. The Balaban J connectivity index is 2.49. The van der Waals surface area contributed by atoms with Gasteiger partial charge in [-0.15, -0.1) is 0 Å². The second-order valence-corrected chi connectivity index (χ2v) is 3.62. The van der Waals surface area contributed by atoms with Gasteiger partial charge in [-0.3, -0.25) is 0 Å². The fourth-order valence-corrected chi connectivity index (χ4v) is 1.43. The van der Waals surface area contributed by atoms with Crippen molar-refractivity contribution in [3.05, 3.63) is 17.5 Å². The van der Waals surface area contributed by atoms with Crippen LogP contribution >= 0.6 is 11.6 Å². The standard InChI is InChI=1S/C10H16ClN3/c1-3-8(4-2)7-14-10-9(11)12-5-6-13-10/h5-6,8H,3-4,7H2,1-2H3,(H,13,14). The van der Waals surface area contributed by atoms with E-state index >= 15 is 0 Å². The monoisotopic (exact) mass is 213 g/mol. The third-order valence-electron chi connectivity index (χ3n) is 2.37. The molecule has 0 spiro atoms. The maximum absolute atomic E-state index is 5.86. The zero-order valence-electron chi connectivity index (χ0n) is 8.63. The molecule has 1 aromatic heterocycles. The van der Waals surface area contributed by atoms with Gasteiger partial charge in [-0.05, 0) is 5.92 Å². The molecule has 0 aliphatic heterocycles. The van der Waals surface area contributed by atoms with Crippen LogP contribution < -0.4 is 5.32 Å². The number of anilines is 1. The van der Waals surface area contributed by atoms with Crippen molar-refractivity contribution >= 4 is 17.4 Å². The Morgan fingerprint density at radius 3 is 2.50 bits per heavy atom. The molecule has 1 rings (SSSR count). The van der Waals surface area contributed by atoms with Gasteiger partial charge in [-0.2, -0.15) is 0 Å². The number of nitrogens with one attached hydrogen (secondary N) is 1. The van der Waals surface area contributed by atoms with E-state index in [9.17, 15) is 0 Å². The SMILES string of the molecule is CCC(CC)CNc1nccnc1Cl. The minimum absolute atomic E-state index is 0.443. The Hall–Kier alpha value is -0.830. The smallest absolute Gasteiger partial charge is 0.171 e. The van der Waals surface area contributed by atoms with Crippen molar-refractivity contribution in [3.8, 4) is 0 Å². The van der Waals surface area contributed by atoms with Gasteiger partial charge < -0.3 is 5.32 Å². The third kappa shape index (κ3) is 3.14. The van der Waals surface area contributed by atoms with E-state index in [2.05, 4.69) is 29.1 Å². The number of hydrogen-bond acceptors (Lipinski definition) is 3. The summed E-state index contributed by atoms with van der Waals surface area (Å²) in [6.07, 6.45) is 5.56. The summed E-state index contributed by atoms with van der Waals surface area (Å²) in [6, 6.07) is 0. The predicted molar refractivity (Wildman–Crippen MR) is 59.6 cm³/mol. The second kappa shape index (κ2) is 5.81. The molecule has 1 heterocycles. The first-order valence-electron chi connectivity index (χ1n) is 4.98. The average molecular weight is 214 g/mol. The minimum Gasteiger partial charge on any atom is -0.367 e. The fraction of sp³-hybridized carbons (Fsp3) is 0.600. The molecule has 0 aliphatic rings. The minimum atomic E-state index is 0.443. The van der Waals surface area contributed by atoms with Gasteiger partial charge in [0.2, 0.25) is 0 Å². The Bertz CT molecular complexity index is 274. The molecule has 1 N–H and O–H groups in total. The van der Waals surface area contributed by atoms with E-state index in [1.165, 1.54) is 12.8 Å². The van der Waals surface area contributed by atoms with Crippen LogP contribution in [0.15, 0.2) is 12.4 Å². The zero-order chi connectivity index (χ0) is 10.4. The van der Waals surface area contributed by atoms with Crippen molar-refractivity contribution in [3.63, 3.8) is 0 Å². The van der Waals surface area contributed by atoms with Crippen LogP contribution in [0.2, 0.25) is 5.15 Å². The molecule has 0 aliphatic carbocycles. The van der Waals surface area contributed by atoms with Crippen LogP contribution in [0.25, 0.3) is 0 Å². The zero-order valence-corrected chi connectivity index (χ0v) is 9.38. The van der Waals surface area contributed by atoms with Crippen molar-refractivity contribution in [2.45, 2.75) is 26.7 Å². The number of hydrogen-bond donors (Lipinski definition) is 1. The van der Waals surface area contributed by atoms with Gasteiger partial charge in [0.1, 0.15) is 0 Å². The highest BCUT2D eigenvalue weighted by Crippen LogP contribution is 2.15. The molecule has 0 saturated carbocycles. The molecule has 0 unspecified atom stereocenters. The van der Waals surface area contributed by atoms with Crippen molar-refractivity contribution in [1.29, 1.82) is 0 Å². The first-order chi connectivity index (χ1) is 6.77. The lowest BCUT2D eigenvalue weighted by Gasteiger charge is -2.13. The van der Waals surface area contributed by atoms with Crippen molar-refractivity contribution in [1.82, 2.24) is 9.97 Å². The van der Waals surface area contributed by atoms with E-state index in [0.29, 0.717) is 16.9 Å². The van der Waals surface area contributed by atoms with Gasteiger partial charge in [-0.1, -0.05) is 38.3 Å². The highest BCUT2D eigenvalue weighted by atomic mass is 35.5. The van der Waals surface area contributed by atoms with Crippen LogP contribution in [0.3, 0.4) is 0 Å². The van der Waals surface area contributed by atoms with Crippen molar-refractivity contribution in [2.75, 3.05) is 11.9 Å². The van der Waals surface area contributed by atoms with Crippen LogP contribution in [-0.2, 0) is 0 Å². The van der Waals surface area contributed by atoms with Gasteiger partial charge >= 0.3 is 0 Å². The van der Waals surface area contributed by atoms with E-state index in [0.717, 1.165) is 6.54 Å². The van der Waals surface area contributed by atoms with E-state index in [4.69, 9.17) is 11.6 Å². The first kappa shape index (κ1) is 11.2. The van der Waals surface area contributed by atoms with E-state index < -0.39 is 0 Å². The second-order valence-electron chi connectivity index (χ2n) is 3.26. The lowest BCUT2D eigenvalue weighted by atomic mass is 10.0. The topological polar surface area (TPSA) is 37.8 Å². The highest BCUT2D eigenvalue weighted by molar-refractivity contribution is 6.31. The van der Waals surface area contributed by atoms with Gasteiger partial charge in [0.25, 0.3) is 0 Å². The molecule has 0 saturated heterocycles. The quantitative estimate of drug-likeness (QED) is 0.817. The summed E-state index contributed by atoms with van der Waals surface area (Å²) in [5.74, 6) is 1.36. The summed E-state index contributed by atoms with van der Waals surface area (Å²) < 4.78 is 0. The molecule has 14 heavy (non-hydrogen) atoms. The Labute approximate surface area is 89.9 Å². The van der Waals surface area contributed by atoms with Gasteiger partial charge in [0.15, 0.2) is 11.0 Å². The van der Waals surface area contributed by atoms with Crippen LogP contribution in [0, 0.1) is 5.92 Å². The van der Waals surface area contributed by atoms with Crippen LogP contribution in [0.4, 0.5) is 5.82 Å². The summed E-state index contributed by atoms with van der Waals surface area (Å²) in [5, 5.41) is 3.65. The molecule has 0 amide bonds. The highest BCUT2D eigenvalue weighted by Gasteiger charge is 2.05. The number of rotatable bonds is 5. The lowest BCUT2D eigenvalue weighted by Crippen LogP contribution is -2.13. The number of halogens is 1. The van der Waals surface area contributed by atoms with Crippen LogP contribution in [0.5, 0.6) is 0 Å². The molecule has 4 heteroatoms. The Kier molecular flexibility index (Phi) is 4.66. The summed E-state index contributed by atoms with van der Waals surface area (Å²) in [6.45, 7) is 5.29. The molecule has 0 bridgehead atoms. The van der Waals surface area contributed by atoms with Gasteiger partial charge in [0, 0.05) is 18.9 Å². The molecule has 3 nitrogen and oxygen atoms in total. The first-order valence-corrected chi connectivity index (χ1v) is 5.36. The Morgan fingerprint density at radius 1 is 1.29 bits per heavy atom. The Morgan fingerprint density at radius 2 is 1.93 bits per heavy atom. The fourth-order valence-electron chi connectivity index (χ4n) is 1.26. The summed E-state index contributed by atoms with van der Waals surface area (Å²) in [4.78, 5) is 8.06. The van der Waals surface area contributed by atoms with Crippen molar-refractivity contribution < 1.29 is 0 Å². The summed E-state index contributed by atoms with van der Waals surface area (Å²) in [7, 11) is 0. The molecule has 0 fully saturated rings.